The van der Waals surface area contributed by atoms with Crippen molar-refractivity contribution in [2.75, 3.05) is 7.11 Å². The zero-order chi connectivity index (χ0) is 18.0. The van der Waals surface area contributed by atoms with Crippen LogP contribution in [0, 0.1) is 5.82 Å². The second kappa shape index (κ2) is 7.28. The number of fused-ring (bicyclic) bond motifs is 1. The van der Waals surface area contributed by atoms with E-state index >= 15 is 0 Å². The lowest BCUT2D eigenvalue weighted by Crippen LogP contribution is -2.00. The highest BCUT2D eigenvalue weighted by molar-refractivity contribution is 7.99. The summed E-state index contributed by atoms with van der Waals surface area (Å²) in [5.74, 6) is 0.764. The molecule has 0 fully saturated rings. The highest BCUT2D eigenvalue weighted by Crippen LogP contribution is 2.40. The third-order valence-electron chi connectivity index (χ3n) is 3.98. The van der Waals surface area contributed by atoms with E-state index in [0.29, 0.717) is 0 Å². The molecule has 2 nitrogen and oxygen atoms in total. The summed E-state index contributed by atoms with van der Waals surface area (Å²) >= 11 is 1.58. The predicted octanol–water partition coefficient (Wildman–Crippen LogP) is 6.30. The van der Waals surface area contributed by atoms with Crippen LogP contribution in [0.15, 0.2) is 58.8 Å². The monoisotopic (exact) mass is 353 g/mol. The summed E-state index contributed by atoms with van der Waals surface area (Å²) in [5.41, 5.74) is 2.72. The highest BCUT2D eigenvalue weighted by Gasteiger charge is 2.17. The van der Waals surface area contributed by atoms with Crippen molar-refractivity contribution < 1.29 is 9.13 Å². The van der Waals surface area contributed by atoms with Gasteiger partial charge in [-0.3, -0.25) is 4.98 Å². The van der Waals surface area contributed by atoms with Gasteiger partial charge in [0.15, 0.2) is 0 Å². The summed E-state index contributed by atoms with van der Waals surface area (Å²) in [6.45, 7) is 8.17. The van der Waals surface area contributed by atoms with Gasteiger partial charge < -0.3 is 4.74 Å². The number of hydrogen-bond acceptors (Lipinski definition) is 3. The maximum Gasteiger partial charge on any atom is 0.124 e. The minimum atomic E-state index is -0.269. The molecule has 1 aromatic heterocycles. The summed E-state index contributed by atoms with van der Waals surface area (Å²) in [7, 11) is 1.65. The molecule has 0 aliphatic carbocycles. The average molecular weight is 353 g/mol. The fourth-order valence-electron chi connectivity index (χ4n) is 2.77. The Balaban J connectivity index is 2.25. The molecule has 0 aliphatic heterocycles. The van der Waals surface area contributed by atoms with Crippen LogP contribution in [-0.2, 0) is 0 Å². The molecular weight excluding hydrogens is 333 g/mol. The number of halogens is 1. The van der Waals surface area contributed by atoms with Gasteiger partial charge in [-0.2, -0.15) is 0 Å². The zero-order valence-electron chi connectivity index (χ0n) is 14.5. The highest BCUT2D eigenvalue weighted by atomic mass is 32.2. The van der Waals surface area contributed by atoms with Crippen molar-refractivity contribution in [1.29, 1.82) is 0 Å². The molecule has 0 radical (unpaired) electrons. The van der Waals surface area contributed by atoms with E-state index < -0.39 is 0 Å². The van der Waals surface area contributed by atoms with Gasteiger partial charge in [0, 0.05) is 20.7 Å². The summed E-state index contributed by atoms with van der Waals surface area (Å²) < 4.78 is 19.2. The van der Waals surface area contributed by atoms with Crippen LogP contribution in [0.4, 0.5) is 4.39 Å². The molecule has 0 N–H and O–H groups in total. The van der Waals surface area contributed by atoms with Crippen LogP contribution in [0.25, 0.3) is 17.0 Å². The molecule has 2 aromatic carbocycles. The van der Waals surface area contributed by atoms with Crippen LogP contribution in [0.1, 0.15) is 31.0 Å². The molecule has 1 heterocycles. The smallest absolute Gasteiger partial charge is 0.124 e. The number of aromatic nitrogens is 1. The Morgan fingerprint density at radius 2 is 2.00 bits per heavy atom. The van der Waals surface area contributed by atoms with Crippen molar-refractivity contribution in [1.82, 2.24) is 4.98 Å². The second-order valence-electron chi connectivity index (χ2n) is 6.04. The molecule has 3 rings (SSSR count). The average Bonchev–Trinajstić information content (AvgIpc) is 2.61. The van der Waals surface area contributed by atoms with Crippen molar-refractivity contribution in [2.24, 2.45) is 0 Å². The summed E-state index contributed by atoms with van der Waals surface area (Å²) in [6, 6.07) is 12.6. The maximum absolute atomic E-state index is 13.9. The van der Waals surface area contributed by atoms with Crippen molar-refractivity contribution in [3.05, 3.63) is 66.1 Å². The molecule has 0 spiro atoms. The topological polar surface area (TPSA) is 22.1 Å². The first kappa shape index (κ1) is 17.5. The van der Waals surface area contributed by atoms with Gasteiger partial charge in [-0.1, -0.05) is 44.3 Å². The van der Waals surface area contributed by atoms with Crippen LogP contribution >= 0.6 is 11.8 Å². The van der Waals surface area contributed by atoms with Crippen LogP contribution in [0.5, 0.6) is 5.75 Å². The number of methoxy groups -OCH3 is 1. The fraction of sp³-hybridized carbons (Fsp3) is 0.190. The van der Waals surface area contributed by atoms with Gasteiger partial charge in [-0.05, 0) is 42.3 Å². The van der Waals surface area contributed by atoms with Gasteiger partial charge in [-0.15, -0.1) is 0 Å². The third kappa shape index (κ3) is 3.54. The SMILES string of the molecule is C=Cc1c(C(C)C)nc2ccc(F)cc2c1Sc1cccc(OC)c1. The Morgan fingerprint density at radius 3 is 2.68 bits per heavy atom. The Bertz CT molecular complexity index is 937. The standard InChI is InChI=1S/C21H20FNOS/c1-5-17-20(13(2)3)23-19-10-9-14(22)11-18(19)21(17)25-16-8-6-7-15(12-16)24-4/h5-13H,1H2,2-4H3. The number of rotatable bonds is 5. The Hall–Kier alpha value is -2.33. The molecule has 3 aromatic rings. The minimum absolute atomic E-state index is 0.243. The largest absolute Gasteiger partial charge is 0.497 e. The second-order valence-corrected chi connectivity index (χ2v) is 7.12. The van der Waals surface area contributed by atoms with E-state index in [0.717, 1.165) is 37.7 Å². The third-order valence-corrected chi connectivity index (χ3v) is 5.11. The van der Waals surface area contributed by atoms with E-state index in [2.05, 4.69) is 20.4 Å². The lowest BCUT2D eigenvalue weighted by Gasteiger charge is -2.17. The van der Waals surface area contributed by atoms with E-state index in [-0.39, 0.29) is 11.7 Å². The molecule has 0 amide bonds. The molecule has 128 valence electrons. The number of ether oxygens (including phenoxy) is 1. The van der Waals surface area contributed by atoms with Crippen molar-refractivity contribution in [3.8, 4) is 5.75 Å². The van der Waals surface area contributed by atoms with Crippen molar-refractivity contribution in [2.45, 2.75) is 29.6 Å². The van der Waals surface area contributed by atoms with Crippen molar-refractivity contribution in [3.63, 3.8) is 0 Å². The van der Waals surface area contributed by atoms with E-state index in [1.807, 2.05) is 30.3 Å². The van der Waals surface area contributed by atoms with Crippen LogP contribution in [-0.4, -0.2) is 12.1 Å². The predicted molar refractivity (Wildman–Crippen MR) is 103 cm³/mol. The molecular formula is C21H20FNOS. The first-order valence-electron chi connectivity index (χ1n) is 8.11. The number of pyridine rings is 1. The molecule has 0 saturated heterocycles. The van der Waals surface area contributed by atoms with Gasteiger partial charge in [-0.25, -0.2) is 4.39 Å². The van der Waals surface area contributed by atoms with Crippen LogP contribution < -0.4 is 4.74 Å². The Morgan fingerprint density at radius 1 is 1.20 bits per heavy atom. The lowest BCUT2D eigenvalue weighted by atomic mass is 10.0. The van der Waals surface area contributed by atoms with Gasteiger partial charge in [0.2, 0.25) is 0 Å². The first-order chi connectivity index (χ1) is 12.0. The minimum Gasteiger partial charge on any atom is -0.497 e. The first-order valence-corrected chi connectivity index (χ1v) is 8.92. The van der Waals surface area contributed by atoms with Gasteiger partial charge >= 0.3 is 0 Å². The number of benzene rings is 2. The van der Waals surface area contributed by atoms with Crippen LogP contribution in [0.3, 0.4) is 0 Å². The molecule has 0 atom stereocenters. The van der Waals surface area contributed by atoms with Gasteiger partial charge in [0.1, 0.15) is 11.6 Å². The van der Waals surface area contributed by atoms with Crippen molar-refractivity contribution >= 4 is 28.7 Å². The van der Waals surface area contributed by atoms with E-state index in [4.69, 9.17) is 9.72 Å². The zero-order valence-corrected chi connectivity index (χ0v) is 15.4. The van der Waals surface area contributed by atoms with Crippen LogP contribution in [0.2, 0.25) is 0 Å². The maximum atomic E-state index is 13.9. The van der Waals surface area contributed by atoms with E-state index in [1.54, 1.807) is 31.0 Å². The summed E-state index contributed by atoms with van der Waals surface area (Å²) in [6.07, 6.45) is 1.81. The fourth-order valence-corrected chi connectivity index (χ4v) is 3.90. The number of hydrogen-bond donors (Lipinski definition) is 0. The molecule has 25 heavy (non-hydrogen) atoms. The summed E-state index contributed by atoms with van der Waals surface area (Å²) in [4.78, 5) is 6.74. The van der Waals surface area contributed by atoms with Gasteiger partial charge in [0.05, 0.1) is 18.3 Å². The quantitative estimate of drug-likeness (QED) is 0.537. The normalized spacial score (nSPS) is 11.1. The molecule has 0 unspecified atom stereocenters. The Kier molecular flexibility index (Phi) is 5.09. The summed E-state index contributed by atoms with van der Waals surface area (Å²) in [5, 5.41) is 0.798. The van der Waals surface area contributed by atoms with E-state index in [1.165, 1.54) is 6.07 Å². The van der Waals surface area contributed by atoms with Gasteiger partial charge in [0.25, 0.3) is 0 Å². The van der Waals surface area contributed by atoms with E-state index in [9.17, 15) is 4.39 Å². The number of nitrogens with zero attached hydrogens (tertiary/aromatic N) is 1. The molecule has 0 saturated carbocycles. The molecule has 0 aliphatic rings. The molecule has 0 bridgehead atoms. The lowest BCUT2D eigenvalue weighted by molar-refractivity contribution is 0.413. The Labute approximate surface area is 151 Å². The molecule has 4 heteroatoms.